The smallest absolute Gasteiger partial charge is 0.224 e. The summed E-state index contributed by atoms with van der Waals surface area (Å²) in [5.74, 6) is 0.0149. The third-order valence-electron chi connectivity index (χ3n) is 5.31. The maximum absolute atomic E-state index is 12.4. The summed E-state index contributed by atoms with van der Waals surface area (Å²) in [6, 6.07) is 8.02. The Kier molecular flexibility index (Phi) is 7.72. The van der Waals surface area contributed by atoms with Crippen molar-refractivity contribution in [3.8, 4) is 0 Å². The Hall–Kier alpha value is -2.77. The Morgan fingerprint density at radius 3 is 2.76 bits per heavy atom. The molecular formula is C22H29N5O2. The highest BCUT2D eigenvalue weighted by Crippen LogP contribution is 2.26. The van der Waals surface area contributed by atoms with Gasteiger partial charge in [-0.2, -0.15) is 0 Å². The number of hydrogen-bond acceptors (Lipinski definition) is 6. The van der Waals surface area contributed by atoms with Gasteiger partial charge in [-0.05, 0) is 35.9 Å². The van der Waals surface area contributed by atoms with Gasteiger partial charge >= 0.3 is 0 Å². The van der Waals surface area contributed by atoms with Crippen molar-refractivity contribution in [2.45, 2.75) is 19.4 Å². The van der Waals surface area contributed by atoms with Gasteiger partial charge in [-0.1, -0.05) is 18.2 Å². The molecular weight excluding hydrogens is 366 g/mol. The third kappa shape index (κ3) is 6.10. The number of aliphatic imine (C=N–C) groups is 1. The summed E-state index contributed by atoms with van der Waals surface area (Å²) in [7, 11) is 0. The van der Waals surface area contributed by atoms with Crippen LogP contribution in [-0.4, -0.2) is 49.5 Å². The average Bonchev–Trinajstić information content (AvgIpc) is 2.76. The fourth-order valence-corrected chi connectivity index (χ4v) is 3.64. The topological polar surface area (TPSA) is 104 Å². The predicted octanol–water partition coefficient (Wildman–Crippen LogP) is 2.56. The van der Waals surface area contributed by atoms with E-state index in [1.165, 1.54) is 18.0 Å². The number of benzene rings is 1. The van der Waals surface area contributed by atoms with Gasteiger partial charge in [-0.3, -0.25) is 14.7 Å². The molecule has 1 unspecified atom stereocenters. The van der Waals surface area contributed by atoms with Gasteiger partial charge in [-0.25, -0.2) is 0 Å². The lowest BCUT2D eigenvalue weighted by atomic mass is 9.83. The molecule has 1 amide bonds. The first-order chi connectivity index (χ1) is 14.2. The number of ether oxygens (including phenoxy) is 1. The SMILES string of the molecule is N=C/C(=C\N)C1C=CN=C[C@@H]1CCC(=O)Nc1ccc(CN2CCOCC2)cc1. The largest absolute Gasteiger partial charge is 0.404 e. The highest BCUT2D eigenvalue weighted by Gasteiger charge is 2.23. The van der Waals surface area contributed by atoms with Crippen LogP contribution in [0.3, 0.4) is 0 Å². The van der Waals surface area contributed by atoms with Gasteiger partial charge < -0.3 is 21.2 Å². The molecule has 0 radical (unpaired) electrons. The summed E-state index contributed by atoms with van der Waals surface area (Å²) in [6.45, 7) is 4.39. The van der Waals surface area contributed by atoms with E-state index in [1.807, 2.05) is 24.4 Å². The summed E-state index contributed by atoms with van der Waals surface area (Å²) in [6.07, 6.45) is 9.22. The van der Waals surface area contributed by atoms with Gasteiger partial charge in [0.1, 0.15) is 0 Å². The Balaban J connectivity index is 1.48. The number of anilines is 1. The number of morpholine rings is 1. The third-order valence-corrected chi connectivity index (χ3v) is 5.31. The molecule has 0 bridgehead atoms. The molecule has 2 aliphatic rings. The van der Waals surface area contributed by atoms with Crippen LogP contribution in [0.4, 0.5) is 5.69 Å². The van der Waals surface area contributed by atoms with E-state index >= 15 is 0 Å². The van der Waals surface area contributed by atoms with Crippen molar-refractivity contribution in [1.29, 1.82) is 5.41 Å². The van der Waals surface area contributed by atoms with Crippen molar-refractivity contribution in [1.82, 2.24) is 4.90 Å². The van der Waals surface area contributed by atoms with Crippen molar-refractivity contribution in [2.24, 2.45) is 22.6 Å². The Morgan fingerprint density at radius 2 is 2.07 bits per heavy atom. The van der Waals surface area contributed by atoms with E-state index in [0.717, 1.165) is 44.1 Å². The maximum atomic E-state index is 12.4. The quantitative estimate of drug-likeness (QED) is 0.589. The Bertz CT molecular complexity index is 779. The van der Waals surface area contributed by atoms with E-state index in [-0.39, 0.29) is 17.7 Å². The molecule has 1 fully saturated rings. The molecule has 2 heterocycles. The van der Waals surface area contributed by atoms with Crippen molar-refractivity contribution >= 4 is 24.0 Å². The molecule has 0 aromatic heterocycles. The number of rotatable bonds is 8. The molecule has 4 N–H and O–H groups in total. The van der Waals surface area contributed by atoms with Gasteiger partial charge in [0.15, 0.2) is 0 Å². The number of nitrogens with two attached hydrogens (primary N) is 1. The highest BCUT2D eigenvalue weighted by atomic mass is 16.5. The first-order valence-electron chi connectivity index (χ1n) is 10.0. The molecule has 7 heteroatoms. The Morgan fingerprint density at radius 1 is 1.31 bits per heavy atom. The second-order valence-corrected chi connectivity index (χ2v) is 7.31. The normalized spacial score (nSPS) is 22.4. The van der Waals surface area contributed by atoms with Crippen LogP contribution in [0.2, 0.25) is 0 Å². The molecule has 154 valence electrons. The van der Waals surface area contributed by atoms with Crippen molar-refractivity contribution in [2.75, 3.05) is 31.6 Å². The minimum atomic E-state index is -0.0271. The summed E-state index contributed by atoms with van der Waals surface area (Å²) >= 11 is 0. The average molecular weight is 396 g/mol. The summed E-state index contributed by atoms with van der Waals surface area (Å²) in [4.78, 5) is 18.9. The van der Waals surface area contributed by atoms with Crippen molar-refractivity contribution < 1.29 is 9.53 Å². The lowest BCUT2D eigenvalue weighted by Crippen LogP contribution is -2.35. The van der Waals surface area contributed by atoms with Crippen LogP contribution >= 0.6 is 0 Å². The molecule has 2 aliphatic heterocycles. The van der Waals surface area contributed by atoms with E-state index in [0.29, 0.717) is 12.8 Å². The van der Waals surface area contributed by atoms with Crippen LogP contribution in [0.25, 0.3) is 0 Å². The zero-order chi connectivity index (χ0) is 20.5. The molecule has 1 saturated heterocycles. The zero-order valence-corrected chi connectivity index (χ0v) is 16.6. The standard InChI is InChI=1S/C22H29N5O2/c23-13-19(14-24)21-7-8-25-15-18(21)3-6-22(28)26-20-4-1-17(2-5-20)16-27-9-11-29-12-10-27/h1-2,4-5,7-8,13-15,18,21,23H,3,6,9-12,16,24H2,(H,26,28)/b19-14+,23-13?/t18-,21?/m0/s1. The summed E-state index contributed by atoms with van der Waals surface area (Å²) in [5.41, 5.74) is 8.39. The molecule has 29 heavy (non-hydrogen) atoms. The number of allylic oxidation sites excluding steroid dienone is 2. The molecule has 2 atom stereocenters. The fraction of sp³-hybridized carbons (Fsp3) is 0.409. The molecule has 0 aliphatic carbocycles. The number of amides is 1. The van der Waals surface area contributed by atoms with E-state index in [9.17, 15) is 4.79 Å². The number of nitrogens with one attached hydrogen (secondary N) is 2. The van der Waals surface area contributed by atoms with E-state index in [4.69, 9.17) is 15.9 Å². The zero-order valence-electron chi connectivity index (χ0n) is 16.6. The van der Waals surface area contributed by atoms with Crippen molar-refractivity contribution in [3.63, 3.8) is 0 Å². The fourth-order valence-electron chi connectivity index (χ4n) is 3.64. The molecule has 0 spiro atoms. The Labute approximate surface area is 171 Å². The van der Waals surface area contributed by atoms with E-state index < -0.39 is 0 Å². The van der Waals surface area contributed by atoms with Crippen LogP contribution in [0.1, 0.15) is 18.4 Å². The van der Waals surface area contributed by atoms with E-state index in [2.05, 4.69) is 27.3 Å². The number of nitrogens with zero attached hydrogens (tertiary/aromatic N) is 2. The van der Waals surface area contributed by atoms with Gasteiger partial charge in [0, 0.05) is 62.2 Å². The number of hydrogen-bond donors (Lipinski definition) is 3. The highest BCUT2D eigenvalue weighted by molar-refractivity contribution is 5.91. The lowest BCUT2D eigenvalue weighted by molar-refractivity contribution is -0.116. The summed E-state index contributed by atoms with van der Waals surface area (Å²) in [5, 5.41) is 10.5. The minimum Gasteiger partial charge on any atom is -0.404 e. The second kappa shape index (κ2) is 10.7. The molecule has 1 aromatic carbocycles. The van der Waals surface area contributed by atoms with Crippen molar-refractivity contribution in [3.05, 3.63) is 53.9 Å². The van der Waals surface area contributed by atoms with Crippen LogP contribution in [0, 0.1) is 17.2 Å². The van der Waals surface area contributed by atoms with Crippen LogP contribution < -0.4 is 11.1 Å². The lowest BCUT2D eigenvalue weighted by Gasteiger charge is -2.26. The molecule has 0 saturated carbocycles. The van der Waals surface area contributed by atoms with Gasteiger partial charge in [0.2, 0.25) is 5.91 Å². The van der Waals surface area contributed by atoms with Crippen LogP contribution in [-0.2, 0) is 16.1 Å². The molecule has 1 aromatic rings. The maximum Gasteiger partial charge on any atom is 0.224 e. The van der Waals surface area contributed by atoms with Crippen LogP contribution in [0.5, 0.6) is 0 Å². The van der Waals surface area contributed by atoms with Crippen LogP contribution in [0.15, 0.2) is 53.3 Å². The minimum absolute atomic E-state index is 0.0118. The monoisotopic (exact) mass is 395 g/mol. The number of carbonyl (C=O) groups is 1. The van der Waals surface area contributed by atoms with Gasteiger partial charge in [0.25, 0.3) is 0 Å². The van der Waals surface area contributed by atoms with Gasteiger partial charge in [-0.15, -0.1) is 0 Å². The second-order valence-electron chi connectivity index (χ2n) is 7.31. The van der Waals surface area contributed by atoms with E-state index in [1.54, 1.807) is 6.20 Å². The van der Waals surface area contributed by atoms with Gasteiger partial charge in [0.05, 0.1) is 13.2 Å². The molecule has 7 nitrogen and oxygen atoms in total. The number of carbonyl (C=O) groups excluding carboxylic acids is 1. The first-order valence-corrected chi connectivity index (χ1v) is 10.0. The molecule has 3 rings (SSSR count). The first kappa shape index (κ1) is 21.0. The predicted molar refractivity (Wildman–Crippen MR) is 116 cm³/mol. The summed E-state index contributed by atoms with van der Waals surface area (Å²) < 4.78 is 5.38.